The summed E-state index contributed by atoms with van der Waals surface area (Å²) in [5.41, 5.74) is 6.52. The first-order valence-corrected chi connectivity index (χ1v) is 7.40. The molecule has 112 valence electrons. The molecule has 0 saturated heterocycles. The van der Waals surface area contributed by atoms with Gasteiger partial charge in [-0.05, 0) is 63.1 Å². The van der Waals surface area contributed by atoms with Gasteiger partial charge in [-0.2, -0.15) is 0 Å². The van der Waals surface area contributed by atoms with Gasteiger partial charge in [0.2, 0.25) is 0 Å². The van der Waals surface area contributed by atoms with Crippen LogP contribution in [0.4, 0.5) is 0 Å². The van der Waals surface area contributed by atoms with Gasteiger partial charge in [0.25, 0.3) is 0 Å². The van der Waals surface area contributed by atoms with E-state index >= 15 is 0 Å². The second kappa shape index (κ2) is 11.5. The average Bonchev–Trinajstić information content (AvgIpc) is 2.47. The van der Waals surface area contributed by atoms with Crippen molar-refractivity contribution in [1.29, 1.82) is 0 Å². The van der Waals surface area contributed by atoms with Crippen molar-refractivity contribution in [3.8, 4) is 5.75 Å². The summed E-state index contributed by atoms with van der Waals surface area (Å²) in [6.07, 6.45) is 7.59. The van der Waals surface area contributed by atoms with Gasteiger partial charge in [0.1, 0.15) is 5.75 Å². The van der Waals surface area contributed by atoms with Crippen molar-refractivity contribution >= 4 is 6.08 Å². The van der Waals surface area contributed by atoms with E-state index in [0.29, 0.717) is 5.75 Å². The van der Waals surface area contributed by atoms with Crippen molar-refractivity contribution in [1.82, 2.24) is 10.6 Å². The number of hydrogen-bond acceptors (Lipinski definition) is 4. The fourth-order valence-electron chi connectivity index (χ4n) is 1.82. The molecule has 0 saturated carbocycles. The maximum Gasteiger partial charge on any atom is 0.115 e. The molecule has 0 atom stereocenters. The minimum atomic E-state index is 0.306. The molecule has 1 aromatic carbocycles. The highest BCUT2D eigenvalue weighted by Gasteiger charge is 1.90. The molecule has 0 heterocycles. The minimum absolute atomic E-state index is 0.306. The van der Waals surface area contributed by atoms with Crippen LogP contribution in [0.5, 0.6) is 5.75 Å². The Morgan fingerprint density at radius 2 is 1.60 bits per heavy atom. The maximum absolute atomic E-state index is 9.17. The molecule has 20 heavy (non-hydrogen) atoms. The summed E-state index contributed by atoms with van der Waals surface area (Å²) in [6, 6.07) is 7.20. The van der Waals surface area contributed by atoms with Gasteiger partial charge in [-0.15, -0.1) is 0 Å². The summed E-state index contributed by atoms with van der Waals surface area (Å²) in [7, 11) is 0. The van der Waals surface area contributed by atoms with Crippen LogP contribution in [-0.2, 0) is 0 Å². The van der Waals surface area contributed by atoms with Gasteiger partial charge in [-0.25, -0.2) is 0 Å². The van der Waals surface area contributed by atoms with Crippen molar-refractivity contribution in [2.24, 2.45) is 5.73 Å². The highest BCUT2D eigenvalue weighted by Crippen LogP contribution is 2.10. The molecule has 0 aliphatic rings. The van der Waals surface area contributed by atoms with Crippen LogP contribution in [0.1, 0.15) is 24.8 Å². The van der Waals surface area contributed by atoms with E-state index in [1.165, 1.54) is 12.8 Å². The molecular weight excluding hydrogens is 250 g/mol. The monoisotopic (exact) mass is 277 g/mol. The molecule has 0 bridgehead atoms. The molecule has 0 aliphatic carbocycles. The van der Waals surface area contributed by atoms with Gasteiger partial charge in [-0.3, -0.25) is 0 Å². The Morgan fingerprint density at radius 1 is 0.950 bits per heavy atom. The fraction of sp³-hybridized carbons (Fsp3) is 0.500. The lowest BCUT2D eigenvalue weighted by atomic mass is 10.2. The van der Waals surface area contributed by atoms with Crippen molar-refractivity contribution in [2.75, 3.05) is 32.7 Å². The molecule has 0 aliphatic heterocycles. The van der Waals surface area contributed by atoms with E-state index in [4.69, 9.17) is 10.8 Å². The SMILES string of the molecule is NCCCNCCCCNC/C=C/c1ccc(O)cc1. The number of phenols is 1. The Morgan fingerprint density at radius 3 is 2.30 bits per heavy atom. The number of hydrogen-bond donors (Lipinski definition) is 4. The van der Waals surface area contributed by atoms with Crippen LogP contribution in [0.15, 0.2) is 30.3 Å². The van der Waals surface area contributed by atoms with Crippen LogP contribution in [0.2, 0.25) is 0 Å². The largest absolute Gasteiger partial charge is 0.508 e. The predicted octanol–water partition coefficient (Wildman–Crippen LogP) is 1.71. The third kappa shape index (κ3) is 8.69. The molecule has 0 spiro atoms. The molecule has 5 N–H and O–H groups in total. The van der Waals surface area contributed by atoms with E-state index in [0.717, 1.165) is 44.7 Å². The minimum Gasteiger partial charge on any atom is -0.508 e. The van der Waals surface area contributed by atoms with E-state index in [1.807, 2.05) is 12.1 Å². The average molecular weight is 277 g/mol. The number of benzene rings is 1. The fourth-order valence-corrected chi connectivity index (χ4v) is 1.82. The van der Waals surface area contributed by atoms with Crippen LogP contribution in [0, 0.1) is 0 Å². The highest BCUT2D eigenvalue weighted by atomic mass is 16.3. The summed E-state index contributed by atoms with van der Waals surface area (Å²) in [4.78, 5) is 0. The second-order valence-electron chi connectivity index (χ2n) is 4.80. The zero-order valence-corrected chi connectivity index (χ0v) is 12.1. The summed E-state index contributed by atoms with van der Waals surface area (Å²) in [5, 5.41) is 15.9. The van der Waals surface area contributed by atoms with Gasteiger partial charge in [0.15, 0.2) is 0 Å². The van der Waals surface area contributed by atoms with Crippen LogP contribution in [0.3, 0.4) is 0 Å². The molecule has 0 fully saturated rings. The lowest BCUT2D eigenvalue weighted by Crippen LogP contribution is -2.21. The lowest BCUT2D eigenvalue weighted by Gasteiger charge is -2.04. The third-order valence-electron chi connectivity index (χ3n) is 2.98. The second-order valence-corrected chi connectivity index (χ2v) is 4.80. The first-order valence-electron chi connectivity index (χ1n) is 7.40. The van der Waals surface area contributed by atoms with Gasteiger partial charge in [0.05, 0.1) is 0 Å². The van der Waals surface area contributed by atoms with Crippen molar-refractivity contribution in [3.05, 3.63) is 35.9 Å². The normalized spacial score (nSPS) is 11.2. The Balaban J connectivity index is 1.93. The molecule has 1 rings (SSSR count). The van der Waals surface area contributed by atoms with Crippen LogP contribution in [0.25, 0.3) is 6.08 Å². The number of rotatable bonds is 11. The summed E-state index contributed by atoms with van der Waals surface area (Å²) >= 11 is 0. The van der Waals surface area contributed by atoms with Gasteiger partial charge in [-0.1, -0.05) is 24.3 Å². The van der Waals surface area contributed by atoms with Gasteiger partial charge >= 0.3 is 0 Å². The first-order chi connectivity index (χ1) is 9.83. The Hall–Kier alpha value is -1.36. The van der Waals surface area contributed by atoms with Crippen LogP contribution < -0.4 is 16.4 Å². The maximum atomic E-state index is 9.17. The third-order valence-corrected chi connectivity index (χ3v) is 2.98. The molecule has 0 unspecified atom stereocenters. The first kappa shape index (κ1) is 16.7. The molecule has 0 amide bonds. The Bertz CT molecular complexity index is 362. The molecule has 0 aromatic heterocycles. The smallest absolute Gasteiger partial charge is 0.115 e. The van der Waals surface area contributed by atoms with Gasteiger partial charge in [0, 0.05) is 6.54 Å². The quantitative estimate of drug-likeness (QED) is 0.465. The van der Waals surface area contributed by atoms with E-state index < -0.39 is 0 Å². The van der Waals surface area contributed by atoms with Gasteiger partial charge < -0.3 is 21.5 Å². The Kier molecular flexibility index (Phi) is 9.57. The van der Waals surface area contributed by atoms with E-state index in [1.54, 1.807) is 12.1 Å². The topological polar surface area (TPSA) is 70.3 Å². The van der Waals surface area contributed by atoms with Crippen molar-refractivity contribution in [2.45, 2.75) is 19.3 Å². The predicted molar refractivity (Wildman–Crippen MR) is 85.8 cm³/mol. The van der Waals surface area contributed by atoms with Crippen molar-refractivity contribution < 1.29 is 5.11 Å². The lowest BCUT2D eigenvalue weighted by molar-refractivity contribution is 0.475. The number of nitrogens with two attached hydrogens (primary N) is 1. The standard InChI is InChI=1S/C16H27N3O/c17-10-4-14-19-12-2-1-11-18-13-3-5-15-6-8-16(20)9-7-15/h3,5-9,18-20H,1-2,4,10-14,17H2/b5-3+. The Labute approximate surface area is 122 Å². The number of aromatic hydroxyl groups is 1. The number of phenolic OH excluding ortho intramolecular Hbond substituents is 1. The van der Waals surface area contributed by atoms with E-state index in [2.05, 4.69) is 22.8 Å². The van der Waals surface area contributed by atoms with E-state index in [-0.39, 0.29) is 0 Å². The number of nitrogens with one attached hydrogen (secondary N) is 2. The molecule has 1 aromatic rings. The highest BCUT2D eigenvalue weighted by molar-refractivity contribution is 5.50. The van der Waals surface area contributed by atoms with Crippen molar-refractivity contribution in [3.63, 3.8) is 0 Å². The molecule has 0 radical (unpaired) electrons. The zero-order chi connectivity index (χ0) is 14.5. The summed E-state index contributed by atoms with van der Waals surface area (Å²) in [5.74, 6) is 0.306. The van der Waals surface area contributed by atoms with Crippen LogP contribution >= 0.6 is 0 Å². The zero-order valence-electron chi connectivity index (χ0n) is 12.1. The summed E-state index contributed by atoms with van der Waals surface area (Å²) < 4.78 is 0. The molecular formula is C16H27N3O. The van der Waals surface area contributed by atoms with Crippen LogP contribution in [-0.4, -0.2) is 37.8 Å². The molecule has 4 heteroatoms. The summed E-state index contributed by atoms with van der Waals surface area (Å²) in [6.45, 7) is 4.78. The van der Waals surface area contributed by atoms with E-state index in [9.17, 15) is 0 Å². The molecule has 4 nitrogen and oxygen atoms in total. The number of unbranched alkanes of at least 4 members (excludes halogenated alkanes) is 1.